The van der Waals surface area contributed by atoms with E-state index in [1.165, 1.54) is 36.4 Å². The van der Waals surface area contributed by atoms with Crippen molar-refractivity contribution in [2.75, 3.05) is 0 Å². The van der Waals surface area contributed by atoms with E-state index in [0.717, 1.165) is 11.0 Å². The number of urea groups is 1. The van der Waals surface area contributed by atoms with Crippen LogP contribution in [-0.4, -0.2) is 16.8 Å². The molecule has 2 aromatic carbocycles. The lowest BCUT2D eigenvalue weighted by Gasteiger charge is -2.25. The molecule has 130 valence electrons. The van der Waals surface area contributed by atoms with Crippen LogP contribution in [0.1, 0.15) is 24.5 Å². The van der Waals surface area contributed by atoms with Crippen LogP contribution in [0.5, 0.6) is 0 Å². The highest BCUT2D eigenvalue weighted by Crippen LogP contribution is 2.34. The van der Waals surface area contributed by atoms with Crippen LogP contribution in [0.2, 0.25) is 5.02 Å². The van der Waals surface area contributed by atoms with Crippen molar-refractivity contribution in [1.82, 2.24) is 10.2 Å². The second-order valence-electron chi connectivity index (χ2n) is 5.82. The topological polar surface area (TPSA) is 49.4 Å². The molecule has 0 radical (unpaired) electrons. The van der Waals surface area contributed by atoms with Crippen LogP contribution in [0.25, 0.3) is 0 Å². The molecule has 3 rings (SSSR count). The zero-order valence-electron chi connectivity index (χ0n) is 13.4. The smallest absolute Gasteiger partial charge is 0.319 e. The molecule has 3 amide bonds. The van der Waals surface area contributed by atoms with Gasteiger partial charge >= 0.3 is 6.03 Å². The van der Waals surface area contributed by atoms with Crippen LogP contribution >= 0.6 is 11.6 Å². The van der Waals surface area contributed by atoms with Gasteiger partial charge in [-0.3, -0.25) is 9.69 Å². The second-order valence-corrected chi connectivity index (χ2v) is 6.23. The molecular weight excluding hydrogens is 350 g/mol. The van der Waals surface area contributed by atoms with Gasteiger partial charge in [0.1, 0.15) is 17.2 Å². The van der Waals surface area contributed by atoms with E-state index < -0.39 is 29.1 Å². The third kappa shape index (κ3) is 2.98. The highest BCUT2D eigenvalue weighted by molar-refractivity contribution is 6.31. The third-order valence-electron chi connectivity index (χ3n) is 4.39. The molecule has 4 nitrogen and oxygen atoms in total. The number of hydrogen-bond acceptors (Lipinski definition) is 2. The van der Waals surface area contributed by atoms with Gasteiger partial charge in [0, 0.05) is 5.02 Å². The van der Waals surface area contributed by atoms with Crippen molar-refractivity contribution in [3.05, 3.63) is 70.2 Å². The molecule has 1 atom stereocenters. The summed E-state index contributed by atoms with van der Waals surface area (Å²) in [6.45, 7) is 1.68. The molecule has 7 heteroatoms. The number of nitrogens with one attached hydrogen (secondary N) is 1. The van der Waals surface area contributed by atoms with Gasteiger partial charge in [0.15, 0.2) is 0 Å². The van der Waals surface area contributed by atoms with Gasteiger partial charge in [-0.15, -0.1) is 0 Å². The maximum Gasteiger partial charge on any atom is 0.325 e. The van der Waals surface area contributed by atoms with E-state index in [2.05, 4.69) is 5.32 Å². The Morgan fingerprint density at radius 3 is 2.32 bits per heavy atom. The average molecular weight is 365 g/mol. The highest BCUT2D eigenvalue weighted by atomic mass is 35.5. The largest absolute Gasteiger partial charge is 0.325 e. The minimum Gasteiger partial charge on any atom is -0.319 e. The van der Waals surface area contributed by atoms with Crippen molar-refractivity contribution >= 4 is 23.5 Å². The first-order valence-corrected chi connectivity index (χ1v) is 8.09. The van der Waals surface area contributed by atoms with Gasteiger partial charge in [-0.1, -0.05) is 36.7 Å². The van der Waals surface area contributed by atoms with Crippen LogP contribution in [0.15, 0.2) is 42.5 Å². The van der Waals surface area contributed by atoms with Crippen molar-refractivity contribution in [3.8, 4) is 0 Å². The molecule has 0 unspecified atom stereocenters. The van der Waals surface area contributed by atoms with Crippen molar-refractivity contribution in [3.63, 3.8) is 0 Å². The number of carbonyl (C=O) groups is 2. The summed E-state index contributed by atoms with van der Waals surface area (Å²) < 4.78 is 26.4. The average Bonchev–Trinajstić information content (AvgIpc) is 2.82. The molecule has 1 saturated heterocycles. The Kier molecular flexibility index (Phi) is 4.47. The summed E-state index contributed by atoms with van der Waals surface area (Å²) in [6, 6.07) is 8.64. The number of amides is 3. The van der Waals surface area contributed by atoms with Crippen LogP contribution in [0.3, 0.4) is 0 Å². The standard InChI is InChI=1S/C18H15ClF2N2O2/c1-2-18(12-4-7-13(20)8-5-12)16(24)23(17(25)22-18)10-11-3-6-14(21)9-15(11)19/h3-9H,2,10H2,1H3,(H,22,25)/t18-/m0/s1. The van der Waals surface area contributed by atoms with E-state index in [4.69, 9.17) is 11.6 Å². The molecule has 0 spiro atoms. The molecule has 25 heavy (non-hydrogen) atoms. The van der Waals surface area contributed by atoms with Gasteiger partial charge in [-0.25, -0.2) is 13.6 Å². The summed E-state index contributed by atoms with van der Waals surface area (Å²) in [6.07, 6.45) is 0.302. The molecule has 1 fully saturated rings. The Hall–Kier alpha value is -2.47. The molecule has 0 saturated carbocycles. The van der Waals surface area contributed by atoms with Crippen LogP contribution in [0.4, 0.5) is 13.6 Å². The Labute approximate surface area is 148 Å². The number of benzene rings is 2. The fourth-order valence-corrected chi connectivity index (χ4v) is 3.19. The maximum absolute atomic E-state index is 13.2. The number of halogens is 3. The van der Waals surface area contributed by atoms with Crippen molar-refractivity contribution in [2.24, 2.45) is 0 Å². The Morgan fingerprint density at radius 2 is 1.72 bits per heavy atom. The summed E-state index contributed by atoms with van der Waals surface area (Å²) in [5.41, 5.74) is -0.294. The van der Waals surface area contributed by atoms with Gasteiger partial charge in [0.25, 0.3) is 5.91 Å². The second kappa shape index (κ2) is 6.44. The normalized spacial score (nSPS) is 20.1. The molecule has 1 aliphatic heterocycles. The summed E-state index contributed by atoms with van der Waals surface area (Å²) >= 11 is 5.99. The highest BCUT2D eigenvalue weighted by Gasteiger charge is 2.51. The van der Waals surface area contributed by atoms with Crippen molar-refractivity contribution < 1.29 is 18.4 Å². The van der Waals surface area contributed by atoms with Crippen molar-refractivity contribution in [1.29, 1.82) is 0 Å². The van der Waals surface area contributed by atoms with Crippen molar-refractivity contribution in [2.45, 2.75) is 25.4 Å². The van der Waals surface area contributed by atoms with Gasteiger partial charge in [-0.05, 0) is 41.8 Å². The minimum atomic E-state index is -1.25. The quantitative estimate of drug-likeness (QED) is 0.834. The molecule has 1 heterocycles. The van der Waals surface area contributed by atoms with Crippen LogP contribution < -0.4 is 5.32 Å². The predicted molar refractivity (Wildman–Crippen MR) is 88.9 cm³/mol. The summed E-state index contributed by atoms with van der Waals surface area (Å²) in [4.78, 5) is 26.4. The molecule has 2 aromatic rings. The monoisotopic (exact) mass is 364 g/mol. The molecule has 0 aromatic heterocycles. The first-order chi connectivity index (χ1) is 11.9. The predicted octanol–water partition coefficient (Wildman–Crippen LogP) is 3.98. The van der Waals surface area contributed by atoms with E-state index in [9.17, 15) is 18.4 Å². The molecular formula is C18H15ClF2N2O2. The maximum atomic E-state index is 13.2. The Bertz CT molecular complexity index is 841. The number of nitrogens with zero attached hydrogens (tertiary/aromatic N) is 1. The van der Waals surface area contributed by atoms with Gasteiger partial charge in [0.2, 0.25) is 0 Å². The van der Waals surface area contributed by atoms with E-state index in [1.807, 2.05) is 0 Å². The summed E-state index contributed by atoms with van der Waals surface area (Å²) in [7, 11) is 0. The fraction of sp³-hybridized carbons (Fsp3) is 0.222. The lowest BCUT2D eigenvalue weighted by Crippen LogP contribution is -2.43. The molecule has 1 aliphatic rings. The lowest BCUT2D eigenvalue weighted by atomic mass is 9.87. The summed E-state index contributed by atoms with van der Waals surface area (Å²) in [5, 5.41) is 2.84. The minimum absolute atomic E-state index is 0.0767. The van der Waals surface area contributed by atoms with Crippen LogP contribution in [0, 0.1) is 11.6 Å². The third-order valence-corrected chi connectivity index (χ3v) is 4.74. The Morgan fingerprint density at radius 1 is 1.08 bits per heavy atom. The Balaban J connectivity index is 1.94. The number of imide groups is 1. The molecule has 0 aliphatic carbocycles. The molecule has 1 N–H and O–H groups in total. The number of carbonyl (C=O) groups excluding carboxylic acids is 2. The van der Waals surface area contributed by atoms with E-state index >= 15 is 0 Å². The lowest BCUT2D eigenvalue weighted by molar-refractivity contribution is -0.132. The first-order valence-electron chi connectivity index (χ1n) is 7.71. The van der Waals surface area contributed by atoms with Gasteiger partial charge in [-0.2, -0.15) is 0 Å². The fourth-order valence-electron chi connectivity index (χ4n) is 2.96. The zero-order chi connectivity index (χ0) is 18.2. The zero-order valence-corrected chi connectivity index (χ0v) is 14.1. The molecule has 0 bridgehead atoms. The van der Waals surface area contributed by atoms with Crippen LogP contribution in [-0.2, 0) is 16.9 Å². The first kappa shape index (κ1) is 17.4. The summed E-state index contributed by atoms with van der Waals surface area (Å²) in [5.74, 6) is -1.38. The van der Waals surface area contributed by atoms with E-state index in [1.54, 1.807) is 6.92 Å². The number of rotatable bonds is 4. The number of hydrogen-bond donors (Lipinski definition) is 1. The van der Waals surface area contributed by atoms with Gasteiger partial charge < -0.3 is 5.32 Å². The SMILES string of the molecule is CC[C@@]1(c2ccc(F)cc2)NC(=O)N(Cc2ccc(F)cc2Cl)C1=O. The van der Waals surface area contributed by atoms with E-state index in [-0.39, 0.29) is 11.6 Å². The van der Waals surface area contributed by atoms with Gasteiger partial charge in [0.05, 0.1) is 6.54 Å². The van der Waals surface area contributed by atoms with E-state index in [0.29, 0.717) is 17.5 Å².